The lowest BCUT2D eigenvalue weighted by Crippen LogP contribution is -2.20. The smallest absolute Gasteiger partial charge is 0.233 e. The van der Waals surface area contributed by atoms with Crippen LogP contribution in [0.15, 0.2) is 53.4 Å². The summed E-state index contributed by atoms with van der Waals surface area (Å²) in [6.45, 7) is 3.76. The molecule has 0 spiro atoms. The normalized spacial score (nSPS) is 11.9. The van der Waals surface area contributed by atoms with Crippen LogP contribution in [-0.2, 0) is 4.79 Å². The van der Waals surface area contributed by atoms with E-state index in [1.807, 2.05) is 31.2 Å². The molecule has 4 heteroatoms. The minimum Gasteiger partial charge on any atom is -0.482 e. The van der Waals surface area contributed by atoms with Crippen LogP contribution in [0.2, 0.25) is 0 Å². The van der Waals surface area contributed by atoms with Crippen molar-refractivity contribution in [2.45, 2.75) is 24.8 Å². The van der Waals surface area contributed by atoms with E-state index in [0.717, 1.165) is 4.90 Å². The number of hydrogen-bond donors (Lipinski definition) is 1. The van der Waals surface area contributed by atoms with Gasteiger partial charge in [0, 0.05) is 16.6 Å². The molecular weight excluding hydrogens is 270 g/mol. The number of hydrogen-bond acceptors (Lipinski definition) is 4. The van der Waals surface area contributed by atoms with Crippen LogP contribution < -0.4 is 10.5 Å². The first-order chi connectivity index (χ1) is 9.54. The van der Waals surface area contributed by atoms with E-state index in [1.165, 1.54) is 17.3 Å². The highest BCUT2D eigenvalue weighted by atomic mass is 32.2. The van der Waals surface area contributed by atoms with E-state index < -0.39 is 6.10 Å². The van der Waals surface area contributed by atoms with E-state index in [1.54, 1.807) is 31.2 Å². The number of anilines is 1. The van der Waals surface area contributed by atoms with Crippen LogP contribution in [0.25, 0.3) is 0 Å². The van der Waals surface area contributed by atoms with Crippen molar-refractivity contribution in [3.8, 4) is 5.75 Å². The Balaban J connectivity index is 1.96. The summed E-state index contributed by atoms with van der Waals surface area (Å²) in [5.41, 5.74) is 7.47. The molecule has 0 radical (unpaired) electrons. The summed E-state index contributed by atoms with van der Waals surface area (Å²) >= 11 is 1.19. The molecular formula is C16H17NO2S. The van der Waals surface area contributed by atoms with E-state index in [0.29, 0.717) is 11.4 Å². The number of benzene rings is 2. The molecule has 0 heterocycles. The minimum atomic E-state index is -0.525. The lowest BCUT2D eigenvalue weighted by molar-refractivity contribution is -0.116. The Kier molecular flexibility index (Phi) is 4.69. The van der Waals surface area contributed by atoms with Gasteiger partial charge in [0.15, 0.2) is 6.10 Å². The number of nitrogen functional groups attached to an aromatic ring is 1. The Morgan fingerprint density at radius 2 is 1.90 bits per heavy atom. The zero-order valence-corrected chi connectivity index (χ0v) is 12.3. The lowest BCUT2D eigenvalue weighted by Gasteiger charge is -2.13. The van der Waals surface area contributed by atoms with Gasteiger partial charge >= 0.3 is 0 Å². The summed E-state index contributed by atoms with van der Waals surface area (Å²) in [4.78, 5) is 13.0. The third-order valence-electron chi connectivity index (χ3n) is 2.74. The Morgan fingerprint density at radius 3 is 2.55 bits per heavy atom. The number of ether oxygens (including phenoxy) is 1. The molecule has 104 valence electrons. The molecule has 2 aromatic carbocycles. The van der Waals surface area contributed by atoms with Crippen molar-refractivity contribution in [3.63, 3.8) is 0 Å². The van der Waals surface area contributed by atoms with E-state index >= 15 is 0 Å². The molecule has 2 rings (SSSR count). The van der Waals surface area contributed by atoms with Crippen LogP contribution >= 0.6 is 11.8 Å². The first-order valence-corrected chi connectivity index (χ1v) is 7.17. The first-order valence-electron chi connectivity index (χ1n) is 6.35. The molecule has 0 saturated heterocycles. The second kappa shape index (κ2) is 6.48. The second-order valence-electron chi connectivity index (χ2n) is 4.57. The standard InChI is InChI=1S/C16H17NO2S/c1-11-6-8-15(9-7-11)20-16(18)12(2)19-14-5-3-4-13(17)10-14/h3-10,12H,17H2,1-2H3/t12-/m1/s1. The molecule has 1 atom stereocenters. The van der Waals surface area contributed by atoms with Gasteiger partial charge in [-0.2, -0.15) is 0 Å². The number of carbonyl (C=O) groups excluding carboxylic acids is 1. The van der Waals surface area contributed by atoms with Gasteiger partial charge in [-0.15, -0.1) is 0 Å². The molecule has 3 nitrogen and oxygen atoms in total. The van der Waals surface area contributed by atoms with Crippen molar-refractivity contribution in [2.24, 2.45) is 0 Å². The zero-order chi connectivity index (χ0) is 14.5. The summed E-state index contributed by atoms with van der Waals surface area (Å²) < 4.78 is 5.60. The largest absolute Gasteiger partial charge is 0.482 e. The molecule has 0 aliphatic carbocycles. The maximum Gasteiger partial charge on any atom is 0.233 e. The summed E-state index contributed by atoms with van der Waals surface area (Å²) in [5.74, 6) is 0.607. The topological polar surface area (TPSA) is 52.3 Å². The van der Waals surface area contributed by atoms with E-state index in [2.05, 4.69) is 0 Å². The third-order valence-corrected chi connectivity index (χ3v) is 3.78. The van der Waals surface area contributed by atoms with Crippen LogP contribution in [-0.4, -0.2) is 11.2 Å². The Morgan fingerprint density at radius 1 is 1.20 bits per heavy atom. The Bertz CT molecular complexity index is 596. The maximum absolute atomic E-state index is 12.1. The maximum atomic E-state index is 12.1. The van der Waals surface area contributed by atoms with Crippen molar-refractivity contribution in [2.75, 3.05) is 5.73 Å². The molecule has 2 aromatic rings. The Hall–Kier alpha value is -1.94. The van der Waals surface area contributed by atoms with Gasteiger partial charge in [-0.1, -0.05) is 23.8 Å². The fraction of sp³-hybridized carbons (Fsp3) is 0.188. The predicted molar refractivity (Wildman–Crippen MR) is 83.0 cm³/mol. The predicted octanol–water partition coefficient (Wildman–Crippen LogP) is 3.66. The molecule has 20 heavy (non-hydrogen) atoms. The van der Waals surface area contributed by atoms with Crippen molar-refractivity contribution in [1.82, 2.24) is 0 Å². The number of rotatable bonds is 4. The number of carbonyl (C=O) groups is 1. The van der Waals surface area contributed by atoms with Gasteiger partial charge in [0.2, 0.25) is 5.12 Å². The minimum absolute atomic E-state index is 0.0312. The van der Waals surface area contributed by atoms with Gasteiger partial charge in [0.05, 0.1) is 0 Å². The van der Waals surface area contributed by atoms with Gasteiger partial charge in [-0.25, -0.2) is 0 Å². The molecule has 0 bridgehead atoms. The molecule has 0 aromatic heterocycles. The second-order valence-corrected chi connectivity index (χ2v) is 5.64. The van der Waals surface area contributed by atoms with E-state index in [-0.39, 0.29) is 5.12 Å². The number of aryl methyl sites for hydroxylation is 1. The monoisotopic (exact) mass is 287 g/mol. The highest BCUT2D eigenvalue weighted by Gasteiger charge is 2.16. The Labute approximate surface area is 123 Å². The van der Waals surface area contributed by atoms with Crippen LogP contribution in [0.3, 0.4) is 0 Å². The molecule has 0 amide bonds. The van der Waals surface area contributed by atoms with Gasteiger partial charge in [-0.05, 0) is 49.9 Å². The molecule has 2 N–H and O–H groups in total. The van der Waals surface area contributed by atoms with Gasteiger partial charge in [0.1, 0.15) is 5.75 Å². The lowest BCUT2D eigenvalue weighted by atomic mass is 10.2. The highest BCUT2D eigenvalue weighted by molar-refractivity contribution is 8.13. The summed E-state index contributed by atoms with van der Waals surface area (Å²) in [5, 5.41) is -0.0312. The van der Waals surface area contributed by atoms with Crippen molar-refractivity contribution >= 4 is 22.6 Å². The van der Waals surface area contributed by atoms with Crippen molar-refractivity contribution < 1.29 is 9.53 Å². The van der Waals surface area contributed by atoms with Crippen LogP contribution in [0.1, 0.15) is 12.5 Å². The van der Waals surface area contributed by atoms with E-state index in [4.69, 9.17) is 10.5 Å². The first kappa shape index (κ1) is 14.5. The van der Waals surface area contributed by atoms with Crippen molar-refractivity contribution in [1.29, 1.82) is 0 Å². The van der Waals surface area contributed by atoms with Crippen LogP contribution in [0.4, 0.5) is 5.69 Å². The molecule has 0 aliphatic heterocycles. The average molecular weight is 287 g/mol. The fourth-order valence-corrected chi connectivity index (χ4v) is 2.36. The SMILES string of the molecule is Cc1ccc(SC(=O)[C@@H](C)Oc2cccc(N)c2)cc1. The molecule has 0 aliphatic rings. The molecule has 0 fully saturated rings. The highest BCUT2D eigenvalue weighted by Crippen LogP contribution is 2.23. The average Bonchev–Trinajstić information content (AvgIpc) is 2.41. The summed E-state index contributed by atoms with van der Waals surface area (Å²) in [6, 6.07) is 14.9. The molecule has 0 unspecified atom stereocenters. The number of nitrogens with two attached hydrogens (primary N) is 1. The fourth-order valence-electron chi connectivity index (χ4n) is 1.65. The van der Waals surface area contributed by atoms with Crippen LogP contribution in [0.5, 0.6) is 5.75 Å². The van der Waals surface area contributed by atoms with E-state index in [9.17, 15) is 4.79 Å². The third kappa shape index (κ3) is 4.03. The van der Waals surface area contributed by atoms with Crippen LogP contribution in [0, 0.1) is 6.92 Å². The quantitative estimate of drug-likeness (QED) is 0.688. The summed E-state index contributed by atoms with van der Waals surface area (Å²) in [7, 11) is 0. The number of thioether (sulfide) groups is 1. The van der Waals surface area contributed by atoms with Gasteiger partial charge < -0.3 is 10.5 Å². The molecule has 0 saturated carbocycles. The summed E-state index contributed by atoms with van der Waals surface area (Å²) in [6.07, 6.45) is -0.525. The zero-order valence-electron chi connectivity index (χ0n) is 11.5. The van der Waals surface area contributed by atoms with Crippen molar-refractivity contribution in [3.05, 3.63) is 54.1 Å². The van der Waals surface area contributed by atoms with Gasteiger partial charge in [0.25, 0.3) is 0 Å². The van der Waals surface area contributed by atoms with Gasteiger partial charge in [-0.3, -0.25) is 4.79 Å².